The number of rotatable bonds is 6. The van der Waals surface area contributed by atoms with Crippen molar-refractivity contribution < 1.29 is 49.3 Å². The summed E-state index contributed by atoms with van der Waals surface area (Å²) in [5.74, 6) is -0.641. The summed E-state index contributed by atoms with van der Waals surface area (Å²) in [7, 11) is -1.03. The number of anilines is 1. The molecular weight excluding hydrogens is 456 g/mol. The Labute approximate surface area is 173 Å². The SMILES string of the molecule is COc1ccc(S(=O)(=O)N(C)c2ccc(C(O)(C(F)(F)F)C(F)(F)F)c(OC)c2)cc1. The van der Waals surface area contributed by atoms with Gasteiger partial charge in [0.2, 0.25) is 0 Å². The first-order valence-electron chi connectivity index (χ1n) is 8.28. The van der Waals surface area contributed by atoms with Gasteiger partial charge in [-0.15, -0.1) is 0 Å². The molecule has 0 radical (unpaired) electrons. The topological polar surface area (TPSA) is 76.1 Å². The smallest absolute Gasteiger partial charge is 0.430 e. The maximum Gasteiger partial charge on any atom is 0.430 e. The summed E-state index contributed by atoms with van der Waals surface area (Å²) in [6, 6.07) is 6.80. The Hall–Kier alpha value is -2.67. The van der Waals surface area contributed by atoms with Gasteiger partial charge in [-0.2, -0.15) is 26.3 Å². The number of nitrogens with zero attached hydrogens (tertiary/aromatic N) is 1. The summed E-state index contributed by atoms with van der Waals surface area (Å²) in [6.45, 7) is 0. The molecule has 0 fully saturated rings. The number of sulfonamides is 1. The maximum atomic E-state index is 13.2. The lowest BCUT2D eigenvalue weighted by Gasteiger charge is -2.34. The van der Waals surface area contributed by atoms with Crippen molar-refractivity contribution in [3.63, 3.8) is 0 Å². The molecule has 2 aromatic carbocycles. The molecule has 13 heteroatoms. The molecule has 0 amide bonds. The molecule has 0 atom stereocenters. The summed E-state index contributed by atoms with van der Waals surface area (Å²) < 4.78 is 115. The van der Waals surface area contributed by atoms with Crippen molar-refractivity contribution in [3.05, 3.63) is 48.0 Å². The predicted molar refractivity (Wildman–Crippen MR) is 97.6 cm³/mol. The van der Waals surface area contributed by atoms with Gasteiger partial charge in [-0.25, -0.2) is 8.42 Å². The van der Waals surface area contributed by atoms with Crippen LogP contribution in [0.15, 0.2) is 47.4 Å². The first kappa shape index (κ1) is 24.6. The molecule has 0 aliphatic rings. The van der Waals surface area contributed by atoms with E-state index in [0.717, 1.165) is 14.2 Å². The highest BCUT2D eigenvalue weighted by Crippen LogP contribution is 2.52. The van der Waals surface area contributed by atoms with Crippen LogP contribution in [0.1, 0.15) is 5.56 Å². The lowest BCUT2D eigenvalue weighted by Crippen LogP contribution is -2.54. The minimum atomic E-state index is -6.12. The zero-order valence-electron chi connectivity index (χ0n) is 16.2. The van der Waals surface area contributed by atoms with E-state index in [4.69, 9.17) is 4.74 Å². The van der Waals surface area contributed by atoms with Crippen LogP contribution < -0.4 is 13.8 Å². The molecule has 0 aliphatic carbocycles. The zero-order chi connectivity index (χ0) is 23.8. The summed E-state index contributed by atoms with van der Waals surface area (Å²) in [5.41, 5.74) is -7.16. The van der Waals surface area contributed by atoms with Crippen molar-refractivity contribution in [1.82, 2.24) is 0 Å². The van der Waals surface area contributed by atoms with Crippen LogP contribution in [0.4, 0.5) is 32.0 Å². The first-order valence-corrected chi connectivity index (χ1v) is 9.72. The third kappa shape index (κ3) is 4.24. The molecule has 1 N–H and O–H groups in total. The van der Waals surface area contributed by atoms with Gasteiger partial charge in [0, 0.05) is 18.7 Å². The van der Waals surface area contributed by atoms with E-state index in [0.29, 0.717) is 28.3 Å². The van der Waals surface area contributed by atoms with Gasteiger partial charge in [-0.1, -0.05) is 0 Å². The molecule has 0 bridgehead atoms. The molecule has 0 spiro atoms. The highest BCUT2D eigenvalue weighted by atomic mass is 32.2. The molecule has 0 saturated carbocycles. The number of hydrogen-bond acceptors (Lipinski definition) is 5. The number of methoxy groups -OCH3 is 2. The minimum absolute atomic E-state index is 0.207. The third-order valence-electron chi connectivity index (χ3n) is 4.48. The van der Waals surface area contributed by atoms with Crippen LogP contribution >= 0.6 is 0 Å². The standard InChI is InChI=1S/C18H17F6NO5S/c1-25(31(27,28)13-7-5-12(29-2)6-8-13)11-4-9-14(15(10-11)30-3)16(26,17(19,20)21)18(22,23)24/h4-10,26H,1-3H3. The van der Waals surface area contributed by atoms with E-state index >= 15 is 0 Å². The highest BCUT2D eigenvalue weighted by molar-refractivity contribution is 7.92. The van der Waals surface area contributed by atoms with Crippen LogP contribution in [-0.4, -0.2) is 47.1 Å². The Morgan fingerprint density at radius 3 is 1.81 bits per heavy atom. The second-order valence-corrected chi connectivity index (χ2v) is 8.21. The molecule has 2 aromatic rings. The van der Waals surface area contributed by atoms with Crippen LogP contribution in [0.5, 0.6) is 11.5 Å². The lowest BCUT2D eigenvalue weighted by molar-refractivity contribution is -0.376. The van der Waals surface area contributed by atoms with Crippen molar-refractivity contribution in [1.29, 1.82) is 0 Å². The molecule has 0 aromatic heterocycles. The number of ether oxygens (including phenoxy) is 2. The van der Waals surface area contributed by atoms with Crippen LogP contribution in [0.2, 0.25) is 0 Å². The van der Waals surface area contributed by atoms with Crippen LogP contribution in [0.3, 0.4) is 0 Å². The third-order valence-corrected chi connectivity index (χ3v) is 6.28. The lowest BCUT2D eigenvalue weighted by atomic mass is 9.91. The van der Waals surface area contributed by atoms with Gasteiger partial charge < -0.3 is 14.6 Å². The summed E-state index contributed by atoms with van der Waals surface area (Å²) in [4.78, 5) is -0.207. The Kier molecular flexibility index (Phi) is 6.44. The van der Waals surface area contributed by atoms with E-state index in [1.54, 1.807) is 0 Å². The fraction of sp³-hybridized carbons (Fsp3) is 0.333. The molecule has 172 valence electrons. The maximum absolute atomic E-state index is 13.2. The van der Waals surface area contributed by atoms with Gasteiger partial charge in [0.05, 0.1) is 24.8 Å². The van der Waals surface area contributed by atoms with Crippen molar-refractivity contribution in [3.8, 4) is 11.5 Å². The fourth-order valence-corrected chi connectivity index (χ4v) is 3.87. The Morgan fingerprint density at radius 2 is 1.39 bits per heavy atom. The van der Waals surface area contributed by atoms with Gasteiger partial charge in [0.25, 0.3) is 15.6 Å². The quantitative estimate of drug-likeness (QED) is 0.646. The van der Waals surface area contributed by atoms with Gasteiger partial charge in [-0.05, 0) is 36.4 Å². The van der Waals surface area contributed by atoms with E-state index in [1.165, 1.54) is 31.4 Å². The van der Waals surface area contributed by atoms with Gasteiger partial charge >= 0.3 is 12.4 Å². The predicted octanol–water partition coefficient (Wildman–Crippen LogP) is 3.84. The number of hydrogen-bond donors (Lipinski definition) is 1. The fourth-order valence-electron chi connectivity index (χ4n) is 2.69. The minimum Gasteiger partial charge on any atom is -0.497 e. The van der Waals surface area contributed by atoms with E-state index in [1.807, 2.05) is 0 Å². The van der Waals surface area contributed by atoms with Crippen molar-refractivity contribution in [2.75, 3.05) is 25.6 Å². The molecule has 0 unspecified atom stereocenters. The molecule has 0 heterocycles. The monoisotopic (exact) mass is 473 g/mol. The van der Waals surface area contributed by atoms with Crippen LogP contribution in [0.25, 0.3) is 0 Å². The van der Waals surface area contributed by atoms with Gasteiger partial charge in [0.1, 0.15) is 11.5 Å². The van der Waals surface area contributed by atoms with E-state index in [9.17, 15) is 39.9 Å². The van der Waals surface area contributed by atoms with Crippen LogP contribution in [0, 0.1) is 0 Å². The van der Waals surface area contributed by atoms with Crippen LogP contribution in [-0.2, 0) is 15.6 Å². The summed E-state index contributed by atoms with van der Waals surface area (Å²) >= 11 is 0. The number of benzene rings is 2. The van der Waals surface area contributed by atoms with E-state index in [-0.39, 0.29) is 10.6 Å². The summed E-state index contributed by atoms with van der Waals surface area (Å²) in [6.07, 6.45) is -12.2. The molecule has 31 heavy (non-hydrogen) atoms. The molecule has 2 rings (SSSR count). The second kappa shape index (κ2) is 8.11. The van der Waals surface area contributed by atoms with Gasteiger partial charge in [-0.3, -0.25) is 4.31 Å². The number of alkyl halides is 6. The van der Waals surface area contributed by atoms with Gasteiger partial charge in [0.15, 0.2) is 0 Å². The number of halogens is 6. The van der Waals surface area contributed by atoms with E-state index < -0.39 is 39.3 Å². The normalized spacial score (nSPS) is 13.1. The highest BCUT2D eigenvalue weighted by Gasteiger charge is 2.72. The largest absolute Gasteiger partial charge is 0.497 e. The molecule has 0 aliphatic heterocycles. The molecule has 0 saturated heterocycles. The van der Waals surface area contributed by atoms with Crippen molar-refractivity contribution in [2.24, 2.45) is 0 Å². The van der Waals surface area contributed by atoms with Crippen molar-refractivity contribution >= 4 is 15.7 Å². The Balaban J connectivity index is 2.58. The second-order valence-electron chi connectivity index (χ2n) is 6.24. The molecular formula is C18H17F6NO5S. The first-order chi connectivity index (χ1) is 14.1. The zero-order valence-corrected chi connectivity index (χ0v) is 17.1. The van der Waals surface area contributed by atoms with Crippen molar-refractivity contribution in [2.45, 2.75) is 22.8 Å². The molecule has 6 nitrogen and oxygen atoms in total. The average molecular weight is 473 g/mol. The van der Waals surface area contributed by atoms with E-state index in [2.05, 4.69) is 4.74 Å². The number of aliphatic hydroxyl groups is 1. The average Bonchev–Trinajstić information content (AvgIpc) is 2.70. The Bertz CT molecular complexity index is 1020. The Morgan fingerprint density at radius 1 is 0.871 bits per heavy atom. The summed E-state index contributed by atoms with van der Waals surface area (Å²) in [5, 5.41) is 9.61.